The monoisotopic (exact) mass is 465 g/mol. The number of anilines is 1. The highest BCUT2D eigenvalue weighted by atomic mass is 19.3. The van der Waals surface area contributed by atoms with Gasteiger partial charge in [-0.15, -0.1) is 8.78 Å². The third kappa shape index (κ3) is 3.59. The summed E-state index contributed by atoms with van der Waals surface area (Å²) in [7, 11) is 0. The zero-order chi connectivity index (χ0) is 23.4. The first kappa shape index (κ1) is 20.5. The van der Waals surface area contributed by atoms with E-state index in [1.165, 1.54) is 24.3 Å². The standard InChI is InChI=1S/C25H18F3N3O3/c26-18-4-5-20-19(11-18)21(12-29-20)30-24(32)31-8-7-16-9-14(1-2-17(16)13-31)15-3-6-22-23(10-15)34-25(27,28)33-22/h1-6,9-12,29H,7-8,13H2,(H,30,32). The number of benzene rings is 3. The number of carbonyl (C=O) groups excluding carboxylic acids is 1. The minimum absolute atomic E-state index is 0.000212. The number of hydrogen-bond acceptors (Lipinski definition) is 3. The number of urea groups is 1. The summed E-state index contributed by atoms with van der Waals surface area (Å²) in [5, 5.41) is 3.47. The quantitative estimate of drug-likeness (QED) is 0.388. The van der Waals surface area contributed by atoms with Gasteiger partial charge in [0.1, 0.15) is 5.82 Å². The van der Waals surface area contributed by atoms with Crippen LogP contribution in [0.1, 0.15) is 11.1 Å². The first-order chi connectivity index (χ1) is 16.3. The summed E-state index contributed by atoms with van der Waals surface area (Å²) in [5.74, 6) is -0.368. The number of carbonyl (C=O) groups is 1. The van der Waals surface area contributed by atoms with Gasteiger partial charge in [0.2, 0.25) is 0 Å². The smallest absolute Gasteiger partial charge is 0.395 e. The molecule has 0 spiro atoms. The lowest BCUT2D eigenvalue weighted by atomic mass is 9.94. The lowest BCUT2D eigenvalue weighted by Gasteiger charge is -2.29. The van der Waals surface area contributed by atoms with Crippen LogP contribution in [0.4, 0.5) is 23.7 Å². The fourth-order valence-corrected chi connectivity index (χ4v) is 4.42. The summed E-state index contributed by atoms with van der Waals surface area (Å²) in [5.41, 5.74) is 4.93. The topological polar surface area (TPSA) is 66.6 Å². The number of amides is 2. The van der Waals surface area contributed by atoms with E-state index in [0.29, 0.717) is 30.6 Å². The third-order valence-corrected chi connectivity index (χ3v) is 6.13. The van der Waals surface area contributed by atoms with E-state index in [1.807, 2.05) is 18.2 Å². The van der Waals surface area contributed by atoms with Gasteiger partial charge in [-0.2, -0.15) is 0 Å². The van der Waals surface area contributed by atoms with Gasteiger partial charge in [0.15, 0.2) is 11.5 Å². The molecule has 34 heavy (non-hydrogen) atoms. The van der Waals surface area contributed by atoms with Crippen molar-refractivity contribution in [2.45, 2.75) is 19.3 Å². The molecule has 0 bridgehead atoms. The van der Waals surface area contributed by atoms with Crippen molar-refractivity contribution >= 4 is 22.6 Å². The van der Waals surface area contributed by atoms with E-state index in [1.54, 1.807) is 23.2 Å². The van der Waals surface area contributed by atoms with Crippen molar-refractivity contribution in [3.63, 3.8) is 0 Å². The van der Waals surface area contributed by atoms with E-state index in [4.69, 9.17) is 0 Å². The Kier molecular flexibility index (Phi) is 4.48. The minimum atomic E-state index is -3.65. The molecule has 0 atom stereocenters. The van der Waals surface area contributed by atoms with Gasteiger partial charge >= 0.3 is 12.3 Å². The largest absolute Gasteiger partial charge is 0.586 e. The number of fused-ring (bicyclic) bond motifs is 3. The molecule has 0 saturated carbocycles. The third-order valence-electron chi connectivity index (χ3n) is 6.13. The van der Waals surface area contributed by atoms with Crippen molar-refractivity contribution in [3.05, 3.63) is 77.7 Å². The van der Waals surface area contributed by atoms with Gasteiger partial charge in [0, 0.05) is 30.2 Å². The van der Waals surface area contributed by atoms with Gasteiger partial charge in [0.05, 0.1) is 5.69 Å². The molecule has 3 heterocycles. The zero-order valence-corrected chi connectivity index (χ0v) is 17.7. The summed E-state index contributed by atoms with van der Waals surface area (Å²) in [6.07, 6.45) is -1.36. The average molecular weight is 465 g/mol. The lowest BCUT2D eigenvalue weighted by Crippen LogP contribution is -2.38. The van der Waals surface area contributed by atoms with Crippen LogP contribution in [-0.2, 0) is 13.0 Å². The molecule has 6 rings (SSSR count). The highest BCUT2D eigenvalue weighted by Gasteiger charge is 2.43. The Morgan fingerprint density at radius 1 is 0.971 bits per heavy atom. The molecule has 9 heteroatoms. The summed E-state index contributed by atoms with van der Waals surface area (Å²) in [6, 6.07) is 14.6. The van der Waals surface area contributed by atoms with E-state index in [0.717, 1.165) is 27.8 Å². The van der Waals surface area contributed by atoms with Crippen LogP contribution in [-0.4, -0.2) is 28.8 Å². The van der Waals surface area contributed by atoms with Crippen LogP contribution in [0.25, 0.3) is 22.0 Å². The van der Waals surface area contributed by atoms with Crippen LogP contribution in [0.15, 0.2) is 60.8 Å². The summed E-state index contributed by atoms with van der Waals surface area (Å²) in [4.78, 5) is 17.6. The number of halogens is 3. The lowest BCUT2D eigenvalue weighted by molar-refractivity contribution is -0.286. The maximum Gasteiger partial charge on any atom is 0.586 e. The molecule has 0 aliphatic carbocycles. The van der Waals surface area contributed by atoms with Crippen molar-refractivity contribution in [1.82, 2.24) is 9.88 Å². The molecule has 0 unspecified atom stereocenters. The van der Waals surface area contributed by atoms with Gasteiger partial charge in [-0.3, -0.25) is 0 Å². The van der Waals surface area contributed by atoms with E-state index in [-0.39, 0.29) is 23.3 Å². The number of hydrogen-bond donors (Lipinski definition) is 2. The molecule has 2 aliphatic rings. The summed E-state index contributed by atoms with van der Waals surface area (Å²) < 4.78 is 49.3. The number of ether oxygens (including phenoxy) is 2. The first-order valence-electron chi connectivity index (χ1n) is 10.7. The molecule has 0 radical (unpaired) electrons. The molecule has 6 nitrogen and oxygen atoms in total. The number of H-pyrrole nitrogens is 1. The van der Waals surface area contributed by atoms with Gasteiger partial charge in [-0.25, -0.2) is 9.18 Å². The van der Waals surface area contributed by atoms with Crippen LogP contribution in [0.5, 0.6) is 11.5 Å². The van der Waals surface area contributed by atoms with Gasteiger partial charge < -0.3 is 24.7 Å². The maximum absolute atomic E-state index is 13.6. The van der Waals surface area contributed by atoms with E-state index < -0.39 is 6.29 Å². The van der Waals surface area contributed by atoms with Crippen LogP contribution in [0.3, 0.4) is 0 Å². The number of alkyl halides is 2. The predicted molar refractivity (Wildman–Crippen MR) is 119 cm³/mol. The Hall–Kier alpha value is -4.14. The average Bonchev–Trinajstić information content (AvgIpc) is 3.35. The maximum atomic E-state index is 13.6. The van der Waals surface area contributed by atoms with Gasteiger partial charge in [-0.1, -0.05) is 24.3 Å². The second-order valence-electron chi connectivity index (χ2n) is 8.31. The second-order valence-corrected chi connectivity index (χ2v) is 8.31. The molecular weight excluding hydrogens is 447 g/mol. The van der Waals surface area contributed by atoms with Crippen molar-refractivity contribution < 1.29 is 27.4 Å². The molecule has 0 fully saturated rings. The number of rotatable bonds is 2. The number of nitrogens with zero attached hydrogens (tertiary/aromatic N) is 1. The fraction of sp³-hybridized carbons (Fsp3) is 0.160. The fourth-order valence-electron chi connectivity index (χ4n) is 4.42. The number of aromatic amines is 1. The molecule has 4 aromatic rings. The normalized spacial score (nSPS) is 15.9. The van der Waals surface area contributed by atoms with Crippen LogP contribution in [0, 0.1) is 5.82 Å². The highest BCUT2D eigenvalue weighted by Crippen LogP contribution is 2.43. The molecule has 172 valence electrons. The van der Waals surface area contributed by atoms with Crippen LogP contribution < -0.4 is 14.8 Å². The Morgan fingerprint density at radius 2 is 1.76 bits per heavy atom. The Labute approximate surface area is 191 Å². The number of aromatic nitrogens is 1. The van der Waals surface area contributed by atoms with Gasteiger partial charge in [-0.05, 0) is 59.0 Å². The molecule has 2 amide bonds. The second kappa shape index (κ2) is 7.44. The summed E-state index contributed by atoms with van der Waals surface area (Å²) >= 11 is 0. The molecule has 2 aliphatic heterocycles. The molecule has 0 saturated heterocycles. The molecular formula is C25H18F3N3O3. The summed E-state index contributed by atoms with van der Waals surface area (Å²) in [6.45, 7) is 0.928. The first-order valence-corrected chi connectivity index (χ1v) is 10.7. The van der Waals surface area contributed by atoms with Crippen molar-refractivity contribution in [2.24, 2.45) is 0 Å². The zero-order valence-electron chi connectivity index (χ0n) is 17.7. The van der Waals surface area contributed by atoms with E-state index >= 15 is 0 Å². The SMILES string of the molecule is O=C(Nc1c[nH]c2ccc(F)cc12)N1CCc2cc(-c3ccc4c(c3)OC(F)(F)O4)ccc2C1. The molecule has 3 aromatic carbocycles. The Morgan fingerprint density at radius 3 is 2.65 bits per heavy atom. The van der Waals surface area contributed by atoms with Crippen molar-refractivity contribution in [1.29, 1.82) is 0 Å². The van der Waals surface area contributed by atoms with Crippen molar-refractivity contribution in [3.8, 4) is 22.6 Å². The van der Waals surface area contributed by atoms with E-state index in [9.17, 15) is 18.0 Å². The van der Waals surface area contributed by atoms with Crippen LogP contribution in [0.2, 0.25) is 0 Å². The van der Waals surface area contributed by atoms with Crippen LogP contribution >= 0.6 is 0 Å². The predicted octanol–water partition coefficient (Wildman–Crippen LogP) is 5.89. The van der Waals surface area contributed by atoms with Gasteiger partial charge in [0.25, 0.3) is 0 Å². The highest BCUT2D eigenvalue weighted by molar-refractivity contribution is 6.01. The Balaban J connectivity index is 1.19. The number of nitrogens with one attached hydrogen (secondary N) is 2. The molecule has 2 N–H and O–H groups in total. The van der Waals surface area contributed by atoms with Crippen molar-refractivity contribution in [2.75, 3.05) is 11.9 Å². The minimum Gasteiger partial charge on any atom is -0.395 e. The molecule has 1 aromatic heterocycles. The van der Waals surface area contributed by atoms with E-state index in [2.05, 4.69) is 19.8 Å². The Bertz CT molecular complexity index is 1450.